The van der Waals surface area contributed by atoms with Crippen LogP contribution < -0.4 is 11.1 Å². The lowest BCUT2D eigenvalue weighted by Crippen LogP contribution is -2.25. The van der Waals surface area contributed by atoms with Gasteiger partial charge in [-0.2, -0.15) is 0 Å². The fourth-order valence-electron chi connectivity index (χ4n) is 1.37. The molecule has 2 nitrogen and oxygen atoms in total. The number of benzene rings is 1. The molecule has 0 amide bonds. The van der Waals surface area contributed by atoms with Crippen molar-refractivity contribution in [2.45, 2.75) is 25.9 Å². The van der Waals surface area contributed by atoms with E-state index in [2.05, 4.69) is 5.32 Å². The molecule has 0 fully saturated rings. The van der Waals surface area contributed by atoms with Crippen molar-refractivity contribution in [2.24, 2.45) is 5.73 Å². The van der Waals surface area contributed by atoms with Crippen molar-refractivity contribution in [3.8, 4) is 0 Å². The number of para-hydroxylation sites is 1. The molecule has 15 heavy (non-hydrogen) atoms. The van der Waals surface area contributed by atoms with Gasteiger partial charge in [-0.05, 0) is 38.4 Å². The van der Waals surface area contributed by atoms with Gasteiger partial charge >= 0.3 is 0 Å². The number of hydrogen-bond acceptors (Lipinski definition) is 2. The highest BCUT2D eigenvalue weighted by Gasteiger charge is 2.15. The van der Waals surface area contributed by atoms with Crippen molar-refractivity contribution in [1.29, 1.82) is 0 Å². The number of nitrogens with one attached hydrogen (secondary N) is 1. The molecule has 0 saturated carbocycles. The van der Waals surface area contributed by atoms with Crippen LogP contribution in [0.15, 0.2) is 24.3 Å². The van der Waals surface area contributed by atoms with Gasteiger partial charge in [-0.1, -0.05) is 18.2 Å². The van der Waals surface area contributed by atoms with Crippen LogP contribution in [0.25, 0.3) is 0 Å². The lowest BCUT2D eigenvalue weighted by Gasteiger charge is -2.17. The first-order valence-electron chi connectivity index (χ1n) is 5.24. The maximum atomic E-state index is 13.3. The highest BCUT2D eigenvalue weighted by molar-refractivity contribution is 5.51. The molecule has 0 aromatic heterocycles. The maximum Gasteiger partial charge on any atom is 0.122 e. The Balaban J connectivity index is 2.67. The highest BCUT2D eigenvalue weighted by Crippen LogP contribution is 2.17. The Labute approximate surface area is 90.7 Å². The summed E-state index contributed by atoms with van der Waals surface area (Å²) in [6.45, 7) is 4.05. The summed E-state index contributed by atoms with van der Waals surface area (Å²) in [7, 11) is 0. The zero-order chi connectivity index (χ0) is 11.3. The summed E-state index contributed by atoms with van der Waals surface area (Å²) in [5, 5.41) is 3.11. The molecule has 0 unspecified atom stereocenters. The summed E-state index contributed by atoms with van der Waals surface area (Å²) in [5.41, 5.74) is 6.43. The fraction of sp³-hybridized carbons (Fsp3) is 0.500. The molecule has 0 aliphatic rings. The van der Waals surface area contributed by atoms with E-state index in [0.717, 1.165) is 17.7 Å². The van der Waals surface area contributed by atoms with Gasteiger partial charge in [-0.3, -0.25) is 0 Å². The monoisotopic (exact) mass is 210 g/mol. The largest absolute Gasteiger partial charge is 0.382 e. The minimum atomic E-state index is -1.20. The van der Waals surface area contributed by atoms with E-state index >= 15 is 0 Å². The van der Waals surface area contributed by atoms with Crippen LogP contribution in [-0.4, -0.2) is 18.8 Å². The predicted molar refractivity (Wildman–Crippen MR) is 62.9 cm³/mol. The molecule has 1 aromatic carbocycles. The van der Waals surface area contributed by atoms with Crippen molar-refractivity contribution < 1.29 is 4.39 Å². The number of hydrogen-bond donors (Lipinski definition) is 2. The molecule has 0 aliphatic heterocycles. The van der Waals surface area contributed by atoms with Gasteiger partial charge in [0.25, 0.3) is 0 Å². The molecule has 0 spiro atoms. The summed E-state index contributed by atoms with van der Waals surface area (Å²) in [6.07, 6.45) is 0.815. The summed E-state index contributed by atoms with van der Waals surface area (Å²) < 4.78 is 13.3. The minimum Gasteiger partial charge on any atom is -0.382 e. The highest BCUT2D eigenvalue weighted by atomic mass is 19.1. The van der Waals surface area contributed by atoms with Gasteiger partial charge in [0.05, 0.1) is 0 Å². The number of halogens is 1. The zero-order valence-corrected chi connectivity index (χ0v) is 9.39. The average Bonchev–Trinajstić information content (AvgIpc) is 2.16. The molecule has 0 atom stereocenters. The third kappa shape index (κ3) is 4.30. The van der Waals surface area contributed by atoms with E-state index in [1.165, 1.54) is 0 Å². The predicted octanol–water partition coefficient (Wildman–Crippen LogP) is 2.35. The minimum absolute atomic E-state index is 0.314. The van der Waals surface area contributed by atoms with E-state index in [1.54, 1.807) is 13.8 Å². The average molecular weight is 210 g/mol. The van der Waals surface area contributed by atoms with Crippen LogP contribution >= 0.6 is 0 Å². The van der Waals surface area contributed by atoms with E-state index in [9.17, 15) is 4.39 Å². The number of alkyl halides is 1. The number of rotatable bonds is 5. The second kappa shape index (κ2) is 5.12. The van der Waals surface area contributed by atoms with Gasteiger partial charge < -0.3 is 11.1 Å². The molecule has 0 saturated heterocycles. The molecule has 1 rings (SSSR count). The first-order valence-corrected chi connectivity index (χ1v) is 5.24. The lowest BCUT2D eigenvalue weighted by atomic mass is 10.1. The van der Waals surface area contributed by atoms with E-state index < -0.39 is 5.67 Å². The Morgan fingerprint density at radius 1 is 1.33 bits per heavy atom. The SMILES string of the molecule is CC(C)(F)CNc1ccccc1CCN. The first-order chi connectivity index (χ1) is 7.03. The van der Waals surface area contributed by atoms with E-state index in [0.29, 0.717) is 13.1 Å². The molecule has 0 heterocycles. The first kappa shape index (κ1) is 12.0. The number of anilines is 1. The molecule has 3 heteroatoms. The van der Waals surface area contributed by atoms with Crippen LogP contribution in [-0.2, 0) is 6.42 Å². The van der Waals surface area contributed by atoms with E-state index in [1.807, 2.05) is 24.3 Å². The van der Waals surface area contributed by atoms with Crippen molar-refractivity contribution in [1.82, 2.24) is 0 Å². The van der Waals surface area contributed by atoms with Gasteiger partial charge in [0.1, 0.15) is 5.67 Å². The Hall–Kier alpha value is -1.09. The molecule has 0 bridgehead atoms. The van der Waals surface area contributed by atoms with Crippen molar-refractivity contribution in [3.05, 3.63) is 29.8 Å². The Morgan fingerprint density at radius 3 is 2.60 bits per heavy atom. The second-order valence-corrected chi connectivity index (χ2v) is 4.27. The Morgan fingerprint density at radius 2 is 2.00 bits per heavy atom. The van der Waals surface area contributed by atoms with Crippen molar-refractivity contribution in [3.63, 3.8) is 0 Å². The summed E-state index contributed by atoms with van der Waals surface area (Å²) in [5.74, 6) is 0. The quantitative estimate of drug-likeness (QED) is 0.783. The van der Waals surface area contributed by atoms with Gasteiger partial charge in [0.2, 0.25) is 0 Å². The number of nitrogens with two attached hydrogens (primary N) is 1. The maximum absolute atomic E-state index is 13.3. The van der Waals surface area contributed by atoms with Crippen molar-refractivity contribution in [2.75, 3.05) is 18.4 Å². The molecular weight excluding hydrogens is 191 g/mol. The molecule has 1 aromatic rings. The topological polar surface area (TPSA) is 38.0 Å². The van der Waals surface area contributed by atoms with Crippen LogP contribution in [0, 0.1) is 0 Å². The van der Waals surface area contributed by atoms with Crippen LogP contribution in [0.1, 0.15) is 19.4 Å². The van der Waals surface area contributed by atoms with Gasteiger partial charge in [-0.15, -0.1) is 0 Å². The Kier molecular flexibility index (Phi) is 4.09. The van der Waals surface area contributed by atoms with Crippen molar-refractivity contribution >= 4 is 5.69 Å². The molecule has 0 radical (unpaired) electrons. The van der Waals surface area contributed by atoms with Crippen LogP contribution in [0.2, 0.25) is 0 Å². The van der Waals surface area contributed by atoms with Gasteiger partial charge in [-0.25, -0.2) is 4.39 Å². The second-order valence-electron chi connectivity index (χ2n) is 4.27. The van der Waals surface area contributed by atoms with Gasteiger partial charge in [0.15, 0.2) is 0 Å². The molecular formula is C12H19FN2. The zero-order valence-electron chi connectivity index (χ0n) is 9.39. The lowest BCUT2D eigenvalue weighted by molar-refractivity contribution is 0.235. The summed E-state index contributed by atoms with van der Waals surface area (Å²) in [4.78, 5) is 0. The van der Waals surface area contributed by atoms with Crippen LogP contribution in [0.5, 0.6) is 0 Å². The Bertz CT molecular complexity index is 305. The van der Waals surface area contributed by atoms with Crippen LogP contribution in [0.3, 0.4) is 0 Å². The van der Waals surface area contributed by atoms with Crippen LogP contribution in [0.4, 0.5) is 10.1 Å². The van der Waals surface area contributed by atoms with E-state index in [4.69, 9.17) is 5.73 Å². The molecule has 0 aliphatic carbocycles. The van der Waals surface area contributed by atoms with E-state index in [-0.39, 0.29) is 0 Å². The third-order valence-electron chi connectivity index (χ3n) is 2.13. The normalized spacial score (nSPS) is 11.5. The third-order valence-corrected chi connectivity index (χ3v) is 2.13. The molecule has 3 N–H and O–H groups in total. The smallest absolute Gasteiger partial charge is 0.122 e. The van der Waals surface area contributed by atoms with Gasteiger partial charge in [0, 0.05) is 12.2 Å². The fourth-order valence-corrected chi connectivity index (χ4v) is 1.37. The standard InChI is InChI=1S/C12H19FN2/c1-12(2,13)9-15-11-6-4-3-5-10(11)7-8-14/h3-6,15H,7-9,14H2,1-2H3. The molecule has 84 valence electrons. The summed E-state index contributed by atoms with van der Waals surface area (Å²) >= 11 is 0. The summed E-state index contributed by atoms with van der Waals surface area (Å²) in [6, 6.07) is 7.88.